The third-order valence-corrected chi connectivity index (χ3v) is 8.38. The summed E-state index contributed by atoms with van der Waals surface area (Å²) in [5, 5.41) is 8.37. The lowest BCUT2D eigenvalue weighted by Crippen LogP contribution is -2.39. The Bertz CT molecular complexity index is 1730. The van der Waals surface area contributed by atoms with E-state index in [1.54, 1.807) is 36.5 Å². The maximum absolute atomic E-state index is 13.6. The summed E-state index contributed by atoms with van der Waals surface area (Å²) in [4.78, 5) is 13.2. The Kier molecular flexibility index (Phi) is 6.94. The van der Waals surface area contributed by atoms with Crippen molar-refractivity contribution in [1.82, 2.24) is 5.43 Å². The molecular formula is C31H27N3O3S. The average Bonchev–Trinajstić information content (AvgIpc) is 2.93. The Labute approximate surface area is 222 Å². The van der Waals surface area contributed by atoms with E-state index in [2.05, 4.69) is 16.6 Å². The van der Waals surface area contributed by atoms with Crippen molar-refractivity contribution in [3.8, 4) is 0 Å². The summed E-state index contributed by atoms with van der Waals surface area (Å²) in [6, 6.07) is 31.5. The zero-order valence-electron chi connectivity index (χ0n) is 21.1. The summed E-state index contributed by atoms with van der Waals surface area (Å²) in [7, 11) is -3.99. The maximum Gasteiger partial charge on any atom is 0.264 e. The van der Waals surface area contributed by atoms with Crippen LogP contribution in [-0.2, 0) is 14.8 Å². The molecule has 0 saturated carbocycles. The van der Waals surface area contributed by atoms with Gasteiger partial charge in [0.15, 0.2) is 0 Å². The molecule has 0 aliphatic heterocycles. The molecule has 0 aliphatic rings. The van der Waals surface area contributed by atoms with Crippen LogP contribution in [0.4, 0.5) is 5.69 Å². The molecule has 0 saturated heterocycles. The van der Waals surface area contributed by atoms with E-state index < -0.39 is 22.5 Å². The molecule has 7 heteroatoms. The molecule has 0 unspecified atom stereocenters. The number of nitrogens with one attached hydrogen (secondary N) is 1. The van der Waals surface area contributed by atoms with Gasteiger partial charge >= 0.3 is 0 Å². The van der Waals surface area contributed by atoms with Gasteiger partial charge in [-0.15, -0.1) is 0 Å². The molecule has 0 aromatic heterocycles. The number of hydrogen-bond donors (Lipinski definition) is 1. The highest BCUT2D eigenvalue weighted by atomic mass is 32.2. The number of hydrogen-bond acceptors (Lipinski definition) is 4. The third kappa shape index (κ3) is 5.01. The van der Waals surface area contributed by atoms with Crippen LogP contribution in [0.25, 0.3) is 21.5 Å². The van der Waals surface area contributed by atoms with Gasteiger partial charge in [-0.25, -0.2) is 13.8 Å². The molecule has 0 radical (unpaired) electrons. The second-order valence-electron chi connectivity index (χ2n) is 9.12. The number of hydrazone groups is 1. The summed E-state index contributed by atoms with van der Waals surface area (Å²) in [6.45, 7) is 3.44. The molecular weight excluding hydrogens is 494 g/mol. The predicted octanol–water partition coefficient (Wildman–Crippen LogP) is 5.96. The van der Waals surface area contributed by atoms with Crippen LogP contribution < -0.4 is 9.73 Å². The van der Waals surface area contributed by atoms with Crippen molar-refractivity contribution in [3.63, 3.8) is 0 Å². The number of benzene rings is 5. The quantitative estimate of drug-likeness (QED) is 0.163. The first-order valence-corrected chi connectivity index (χ1v) is 13.7. The topological polar surface area (TPSA) is 78.8 Å². The summed E-state index contributed by atoms with van der Waals surface area (Å²) >= 11 is 0. The number of carbonyl (C=O) groups is 1. The van der Waals surface area contributed by atoms with Crippen molar-refractivity contribution in [3.05, 3.63) is 120 Å². The van der Waals surface area contributed by atoms with Crippen LogP contribution in [0, 0.1) is 13.8 Å². The Morgan fingerprint density at radius 3 is 2.03 bits per heavy atom. The van der Waals surface area contributed by atoms with Gasteiger partial charge in [0, 0.05) is 5.56 Å². The molecule has 0 bridgehead atoms. The van der Waals surface area contributed by atoms with E-state index in [-0.39, 0.29) is 4.90 Å². The lowest BCUT2D eigenvalue weighted by atomic mass is 9.97. The molecule has 0 atom stereocenters. The van der Waals surface area contributed by atoms with Gasteiger partial charge in [0.1, 0.15) is 6.54 Å². The number of fused-ring (bicyclic) bond motifs is 2. The molecule has 0 aliphatic carbocycles. The second kappa shape index (κ2) is 10.5. The zero-order chi connectivity index (χ0) is 26.7. The van der Waals surface area contributed by atoms with Crippen molar-refractivity contribution in [2.24, 2.45) is 5.10 Å². The van der Waals surface area contributed by atoms with Crippen LogP contribution in [0.2, 0.25) is 0 Å². The molecule has 1 amide bonds. The molecule has 0 spiro atoms. The fraction of sp³-hybridized carbons (Fsp3) is 0.0968. The minimum Gasteiger partial charge on any atom is -0.271 e. The molecule has 1 N–H and O–H groups in total. The minimum atomic E-state index is -3.99. The lowest BCUT2D eigenvalue weighted by molar-refractivity contribution is -0.119. The number of carbonyl (C=O) groups excluding carboxylic acids is 1. The van der Waals surface area contributed by atoms with Crippen LogP contribution in [0.5, 0.6) is 0 Å². The van der Waals surface area contributed by atoms with Gasteiger partial charge in [-0.2, -0.15) is 5.10 Å². The van der Waals surface area contributed by atoms with E-state index in [9.17, 15) is 13.2 Å². The number of rotatable bonds is 7. The number of amides is 1. The van der Waals surface area contributed by atoms with E-state index >= 15 is 0 Å². The van der Waals surface area contributed by atoms with Gasteiger partial charge < -0.3 is 0 Å². The first kappa shape index (κ1) is 25.2. The first-order chi connectivity index (χ1) is 18.3. The molecule has 38 heavy (non-hydrogen) atoms. The van der Waals surface area contributed by atoms with E-state index in [0.717, 1.165) is 42.5 Å². The van der Waals surface area contributed by atoms with E-state index in [1.807, 2.05) is 68.4 Å². The second-order valence-corrected chi connectivity index (χ2v) is 11.0. The zero-order valence-corrected chi connectivity index (χ0v) is 21.9. The molecule has 6 nitrogen and oxygen atoms in total. The van der Waals surface area contributed by atoms with Gasteiger partial charge in [0.25, 0.3) is 15.9 Å². The molecule has 5 aromatic carbocycles. The van der Waals surface area contributed by atoms with Crippen molar-refractivity contribution in [2.45, 2.75) is 18.7 Å². The highest BCUT2D eigenvalue weighted by Gasteiger charge is 2.27. The summed E-state index contributed by atoms with van der Waals surface area (Å²) in [5.41, 5.74) is 5.78. The Hall–Kier alpha value is -4.49. The monoisotopic (exact) mass is 521 g/mol. The average molecular weight is 522 g/mol. The molecule has 190 valence electrons. The van der Waals surface area contributed by atoms with Gasteiger partial charge in [0.05, 0.1) is 16.8 Å². The minimum absolute atomic E-state index is 0.108. The van der Waals surface area contributed by atoms with Crippen molar-refractivity contribution < 1.29 is 13.2 Å². The standard InChI is InChI=1S/C31H27N3O3S/c1-22-16-17-26(18-23(22)2)34(38(36,37)27-12-4-3-5-13-27)21-31(35)33-32-20-30-28-14-8-6-10-24(28)19-25-11-7-9-15-29(25)30/h3-20H,21H2,1-2H3,(H,33,35)/b32-20-. The molecule has 0 fully saturated rings. The number of aryl methyl sites for hydroxylation is 2. The Morgan fingerprint density at radius 1 is 0.789 bits per heavy atom. The van der Waals surface area contributed by atoms with Crippen molar-refractivity contribution >= 4 is 49.4 Å². The van der Waals surface area contributed by atoms with Crippen LogP contribution in [0.3, 0.4) is 0 Å². The highest BCUT2D eigenvalue weighted by molar-refractivity contribution is 7.92. The van der Waals surface area contributed by atoms with E-state index in [1.165, 1.54) is 12.1 Å². The highest BCUT2D eigenvalue weighted by Crippen LogP contribution is 2.28. The maximum atomic E-state index is 13.6. The van der Waals surface area contributed by atoms with Gasteiger partial charge in [-0.05, 0) is 76.9 Å². The van der Waals surface area contributed by atoms with Gasteiger partial charge in [-0.1, -0.05) is 72.8 Å². The largest absolute Gasteiger partial charge is 0.271 e. The third-order valence-electron chi connectivity index (χ3n) is 6.59. The van der Waals surface area contributed by atoms with Crippen LogP contribution >= 0.6 is 0 Å². The van der Waals surface area contributed by atoms with E-state index in [4.69, 9.17) is 0 Å². The van der Waals surface area contributed by atoms with Crippen molar-refractivity contribution in [1.29, 1.82) is 0 Å². The van der Waals surface area contributed by atoms with E-state index in [0.29, 0.717) is 5.69 Å². The van der Waals surface area contributed by atoms with Crippen LogP contribution in [-0.4, -0.2) is 27.1 Å². The fourth-order valence-electron chi connectivity index (χ4n) is 4.44. The Balaban J connectivity index is 1.45. The fourth-order valence-corrected chi connectivity index (χ4v) is 5.87. The number of anilines is 1. The van der Waals surface area contributed by atoms with Crippen molar-refractivity contribution in [2.75, 3.05) is 10.8 Å². The van der Waals surface area contributed by atoms with Gasteiger partial charge in [-0.3, -0.25) is 9.10 Å². The van der Waals surface area contributed by atoms with Gasteiger partial charge in [0.2, 0.25) is 0 Å². The molecule has 5 rings (SSSR count). The SMILES string of the molecule is Cc1ccc(N(CC(=O)N/N=C\c2c3ccccc3cc3ccccc23)S(=O)(=O)c2ccccc2)cc1C. The molecule has 5 aromatic rings. The summed E-state index contributed by atoms with van der Waals surface area (Å²) in [6.07, 6.45) is 1.62. The normalized spacial score (nSPS) is 11.7. The summed E-state index contributed by atoms with van der Waals surface area (Å²) in [5.74, 6) is -0.552. The number of nitrogens with zero attached hydrogens (tertiary/aromatic N) is 2. The predicted molar refractivity (Wildman–Crippen MR) is 154 cm³/mol. The first-order valence-electron chi connectivity index (χ1n) is 12.2. The van der Waals surface area contributed by atoms with Crippen LogP contribution in [0.1, 0.15) is 16.7 Å². The number of sulfonamides is 1. The lowest BCUT2D eigenvalue weighted by Gasteiger charge is -2.24. The molecule has 0 heterocycles. The summed E-state index contributed by atoms with van der Waals surface area (Å²) < 4.78 is 28.2. The Morgan fingerprint density at radius 2 is 1.39 bits per heavy atom. The van der Waals surface area contributed by atoms with Crippen LogP contribution in [0.15, 0.2) is 113 Å². The smallest absolute Gasteiger partial charge is 0.264 e.